The van der Waals surface area contributed by atoms with E-state index in [1.54, 1.807) is 12.3 Å². The predicted molar refractivity (Wildman–Crippen MR) is 52.9 cm³/mol. The maximum Gasteiger partial charge on any atom is 0.125 e. The second kappa shape index (κ2) is 2.10. The molecule has 62 valence electrons. The summed E-state index contributed by atoms with van der Waals surface area (Å²) >= 11 is 0. The highest BCUT2D eigenvalue weighted by atomic mass is 16.3. The van der Waals surface area contributed by atoms with Crippen LogP contribution in [-0.2, 0) is 0 Å². The third-order valence-electron chi connectivity index (χ3n) is 2.37. The first-order valence-electron chi connectivity index (χ1n) is 4.15. The maximum absolute atomic E-state index is 9.55. The molecule has 2 heteroatoms. The molecule has 0 spiro atoms. The van der Waals surface area contributed by atoms with Crippen LogP contribution in [0.25, 0.3) is 10.8 Å². The van der Waals surface area contributed by atoms with E-state index in [9.17, 15) is 5.11 Å². The Balaban J connectivity index is 2.62. The smallest absolute Gasteiger partial charge is 0.125 e. The summed E-state index contributed by atoms with van der Waals surface area (Å²) in [6.45, 7) is 0. The molecular weight excluding hydrogens is 162 g/mol. The normalized spacial score (nSPS) is 12.6. The number of aromatic hydroxyl groups is 1. The van der Waals surface area contributed by atoms with Crippen molar-refractivity contribution in [3.05, 3.63) is 35.9 Å². The van der Waals surface area contributed by atoms with Crippen molar-refractivity contribution in [2.45, 2.75) is 0 Å². The van der Waals surface area contributed by atoms with Crippen LogP contribution in [0.5, 0.6) is 5.75 Å². The van der Waals surface area contributed by atoms with Gasteiger partial charge in [-0.2, -0.15) is 0 Å². The van der Waals surface area contributed by atoms with Crippen LogP contribution in [0.4, 0.5) is 5.69 Å². The average Bonchev–Trinajstić information content (AvgIpc) is 2.57. The Hall–Kier alpha value is -1.83. The van der Waals surface area contributed by atoms with Gasteiger partial charge in [0.2, 0.25) is 0 Å². The van der Waals surface area contributed by atoms with Crippen LogP contribution in [-0.4, -0.2) is 11.3 Å². The zero-order valence-electron chi connectivity index (χ0n) is 6.86. The molecule has 2 nitrogen and oxygen atoms in total. The van der Waals surface area contributed by atoms with Crippen molar-refractivity contribution < 1.29 is 5.11 Å². The first-order chi connectivity index (χ1) is 6.36. The van der Waals surface area contributed by atoms with Gasteiger partial charge in [-0.3, -0.25) is 4.99 Å². The zero-order valence-corrected chi connectivity index (χ0v) is 6.86. The molecule has 13 heavy (non-hydrogen) atoms. The molecule has 2 aromatic rings. The Morgan fingerprint density at radius 2 is 2.00 bits per heavy atom. The number of nitrogens with zero attached hydrogens (tertiary/aromatic N) is 1. The molecule has 0 saturated heterocycles. The van der Waals surface area contributed by atoms with E-state index in [0.717, 1.165) is 22.0 Å². The van der Waals surface area contributed by atoms with Gasteiger partial charge < -0.3 is 5.11 Å². The minimum Gasteiger partial charge on any atom is -0.507 e. The molecule has 2 aromatic carbocycles. The molecule has 0 aromatic heterocycles. The van der Waals surface area contributed by atoms with Gasteiger partial charge in [0.15, 0.2) is 0 Å². The van der Waals surface area contributed by atoms with Crippen molar-refractivity contribution in [3.63, 3.8) is 0 Å². The van der Waals surface area contributed by atoms with Crippen LogP contribution >= 0.6 is 0 Å². The van der Waals surface area contributed by atoms with E-state index in [1.165, 1.54) is 0 Å². The minimum atomic E-state index is 0.307. The molecule has 0 amide bonds. The summed E-state index contributed by atoms with van der Waals surface area (Å²) in [6, 6.07) is 9.57. The first kappa shape index (κ1) is 6.66. The lowest BCUT2D eigenvalue weighted by Gasteiger charge is -2.01. The van der Waals surface area contributed by atoms with Crippen LogP contribution in [0.2, 0.25) is 0 Å². The summed E-state index contributed by atoms with van der Waals surface area (Å²) in [5.41, 5.74) is 1.79. The van der Waals surface area contributed by atoms with Gasteiger partial charge in [0, 0.05) is 17.2 Å². The van der Waals surface area contributed by atoms with E-state index in [2.05, 4.69) is 4.99 Å². The van der Waals surface area contributed by atoms with Gasteiger partial charge in [0.1, 0.15) is 5.75 Å². The summed E-state index contributed by atoms with van der Waals surface area (Å²) in [6.07, 6.45) is 1.72. The van der Waals surface area contributed by atoms with Crippen LogP contribution in [0.3, 0.4) is 0 Å². The number of hydrogen-bond acceptors (Lipinski definition) is 2. The van der Waals surface area contributed by atoms with Crippen LogP contribution in [0.15, 0.2) is 35.3 Å². The maximum atomic E-state index is 9.55. The highest BCUT2D eigenvalue weighted by Crippen LogP contribution is 2.36. The molecule has 0 fully saturated rings. The molecule has 0 atom stereocenters. The lowest BCUT2D eigenvalue weighted by Crippen LogP contribution is -1.79. The number of benzene rings is 2. The van der Waals surface area contributed by atoms with Gasteiger partial charge in [0.05, 0.1) is 5.69 Å². The number of aliphatic imine (C=N–C) groups is 1. The van der Waals surface area contributed by atoms with Gasteiger partial charge in [-0.25, -0.2) is 0 Å². The molecule has 0 radical (unpaired) electrons. The molecule has 1 aliphatic heterocycles. The quantitative estimate of drug-likeness (QED) is 0.551. The van der Waals surface area contributed by atoms with E-state index < -0.39 is 0 Å². The van der Waals surface area contributed by atoms with E-state index in [4.69, 9.17) is 0 Å². The largest absolute Gasteiger partial charge is 0.507 e. The van der Waals surface area contributed by atoms with Gasteiger partial charge in [0.25, 0.3) is 0 Å². The third-order valence-corrected chi connectivity index (χ3v) is 2.37. The van der Waals surface area contributed by atoms with Crippen molar-refractivity contribution in [1.29, 1.82) is 0 Å². The Bertz CT molecular complexity index is 529. The minimum absolute atomic E-state index is 0.307. The summed E-state index contributed by atoms with van der Waals surface area (Å²) in [5.74, 6) is 0.307. The van der Waals surface area contributed by atoms with Gasteiger partial charge in [-0.1, -0.05) is 18.2 Å². The topological polar surface area (TPSA) is 32.6 Å². The SMILES string of the molecule is Oc1ccc2cccc3c2c1C=N3. The monoisotopic (exact) mass is 169 g/mol. The summed E-state index contributed by atoms with van der Waals surface area (Å²) in [5, 5.41) is 11.7. The fraction of sp³-hybridized carbons (Fsp3) is 0. The number of phenols is 1. The van der Waals surface area contributed by atoms with E-state index in [0.29, 0.717) is 5.75 Å². The Morgan fingerprint density at radius 3 is 2.92 bits per heavy atom. The van der Waals surface area contributed by atoms with Crippen LogP contribution < -0.4 is 0 Å². The van der Waals surface area contributed by atoms with Gasteiger partial charge in [-0.05, 0) is 17.5 Å². The number of hydrogen-bond donors (Lipinski definition) is 1. The molecule has 0 bridgehead atoms. The Kier molecular flexibility index (Phi) is 1.08. The second-order valence-corrected chi connectivity index (χ2v) is 3.13. The summed E-state index contributed by atoms with van der Waals surface area (Å²) in [4.78, 5) is 4.22. The molecule has 0 saturated carbocycles. The van der Waals surface area contributed by atoms with Crippen molar-refractivity contribution in [2.75, 3.05) is 0 Å². The molecule has 1 heterocycles. The molecule has 0 unspecified atom stereocenters. The summed E-state index contributed by atoms with van der Waals surface area (Å²) in [7, 11) is 0. The van der Waals surface area contributed by atoms with E-state index in [-0.39, 0.29) is 0 Å². The highest BCUT2D eigenvalue weighted by molar-refractivity contribution is 6.12. The molecule has 1 N–H and O–H groups in total. The average molecular weight is 169 g/mol. The predicted octanol–water partition coefficient (Wildman–Crippen LogP) is 2.61. The van der Waals surface area contributed by atoms with E-state index >= 15 is 0 Å². The van der Waals surface area contributed by atoms with Crippen molar-refractivity contribution in [1.82, 2.24) is 0 Å². The lowest BCUT2D eigenvalue weighted by atomic mass is 10.0. The van der Waals surface area contributed by atoms with E-state index in [1.807, 2.05) is 24.3 Å². The second-order valence-electron chi connectivity index (χ2n) is 3.13. The molecule has 1 aliphatic rings. The zero-order chi connectivity index (χ0) is 8.84. The Labute approximate surface area is 75.2 Å². The fourth-order valence-corrected chi connectivity index (χ4v) is 1.75. The number of phenolic OH excluding ortho intramolecular Hbond substituents is 1. The van der Waals surface area contributed by atoms with Crippen LogP contribution in [0, 0.1) is 0 Å². The fourth-order valence-electron chi connectivity index (χ4n) is 1.75. The molecule has 0 aliphatic carbocycles. The van der Waals surface area contributed by atoms with Crippen molar-refractivity contribution in [2.24, 2.45) is 4.99 Å². The van der Waals surface area contributed by atoms with Crippen LogP contribution in [0.1, 0.15) is 5.56 Å². The number of rotatable bonds is 0. The summed E-state index contributed by atoms with van der Waals surface area (Å²) < 4.78 is 0. The first-order valence-corrected chi connectivity index (χ1v) is 4.15. The standard InChI is InChI=1S/C11H7NO/c13-10-5-4-7-2-1-3-9-11(7)8(10)6-12-9/h1-6,13H. The molecule has 3 rings (SSSR count). The Morgan fingerprint density at radius 1 is 1.08 bits per heavy atom. The van der Waals surface area contributed by atoms with Crippen molar-refractivity contribution >= 4 is 22.7 Å². The molecular formula is C11H7NO. The van der Waals surface area contributed by atoms with Crippen molar-refractivity contribution in [3.8, 4) is 5.75 Å². The third kappa shape index (κ3) is 0.746. The highest BCUT2D eigenvalue weighted by Gasteiger charge is 2.12. The van der Waals surface area contributed by atoms with Gasteiger partial charge in [-0.15, -0.1) is 0 Å². The lowest BCUT2D eigenvalue weighted by molar-refractivity contribution is 0.475. The van der Waals surface area contributed by atoms with Gasteiger partial charge >= 0.3 is 0 Å².